The van der Waals surface area contributed by atoms with Gasteiger partial charge in [-0.25, -0.2) is 0 Å². The molecule has 2 aliphatic rings. The van der Waals surface area contributed by atoms with Gasteiger partial charge in [-0.15, -0.1) is 0 Å². The normalized spacial score (nSPS) is 26.8. The van der Waals surface area contributed by atoms with Crippen LogP contribution < -0.4 is 9.64 Å². The van der Waals surface area contributed by atoms with E-state index in [2.05, 4.69) is 0 Å². The Labute approximate surface area is 128 Å². The van der Waals surface area contributed by atoms with Gasteiger partial charge in [0.05, 0.1) is 30.6 Å². The molecule has 0 radical (unpaired) electrons. The first kappa shape index (κ1) is 13.6. The van der Waals surface area contributed by atoms with Gasteiger partial charge in [-0.1, -0.05) is 24.3 Å². The second kappa shape index (κ2) is 5.28. The number of hydrogen-bond donors (Lipinski definition) is 2. The Balaban J connectivity index is 1.84. The van der Waals surface area contributed by atoms with Crippen LogP contribution >= 0.6 is 0 Å². The van der Waals surface area contributed by atoms with E-state index in [4.69, 9.17) is 9.47 Å². The Morgan fingerprint density at radius 1 is 0.864 bits per heavy atom. The van der Waals surface area contributed by atoms with E-state index < -0.39 is 12.2 Å². The summed E-state index contributed by atoms with van der Waals surface area (Å²) in [5.41, 5.74) is 1.73. The Kier molecular flexibility index (Phi) is 3.26. The molecule has 0 spiro atoms. The second-order valence-electron chi connectivity index (χ2n) is 5.57. The van der Waals surface area contributed by atoms with Gasteiger partial charge in [0, 0.05) is 0 Å². The van der Waals surface area contributed by atoms with Crippen molar-refractivity contribution in [1.29, 1.82) is 0 Å². The Hall–Kier alpha value is -2.08. The van der Waals surface area contributed by atoms with Gasteiger partial charge in [0.15, 0.2) is 11.5 Å². The van der Waals surface area contributed by atoms with Crippen LogP contribution in [0, 0.1) is 0 Å². The topological polar surface area (TPSA) is 62.2 Å². The van der Waals surface area contributed by atoms with Crippen molar-refractivity contribution < 1.29 is 19.7 Å². The molecule has 0 aromatic heterocycles. The lowest BCUT2D eigenvalue weighted by molar-refractivity contribution is -0.0964. The molecule has 0 aliphatic carbocycles. The number of rotatable bonds is 1. The van der Waals surface area contributed by atoms with E-state index in [1.165, 1.54) is 0 Å². The maximum absolute atomic E-state index is 10.4. The molecule has 2 aromatic rings. The number of para-hydroxylation sites is 4. The number of hydrogen-bond acceptors (Lipinski definition) is 5. The lowest BCUT2D eigenvalue weighted by Crippen LogP contribution is -2.55. The lowest BCUT2D eigenvalue weighted by Gasteiger charge is -2.43. The maximum Gasteiger partial charge on any atom is 0.151 e. The zero-order valence-electron chi connectivity index (χ0n) is 11.9. The van der Waals surface area contributed by atoms with Gasteiger partial charge in [0.2, 0.25) is 0 Å². The van der Waals surface area contributed by atoms with E-state index in [-0.39, 0.29) is 12.6 Å². The fourth-order valence-electron chi connectivity index (χ4n) is 3.08. The van der Waals surface area contributed by atoms with Crippen molar-refractivity contribution in [2.24, 2.45) is 0 Å². The largest absolute Gasteiger partial charge is 0.453 e. The molecule has 2 aromatic carbocycles. The van der Waals surface area contributed by atoms with Crippen molar-refractivity contribution in [3.05, 3.63) is 48.5 Å². The third-order valence-corrected chi connectivity index (χ3v) is 4.17. The minimum absolute atomic E-state index is 0.158. The zero-order chi connectivity index (χ0) is 15.1. The summed E-state index contributed by atoms with van der Waals surface area (Å²) in [4.78, 5) is 2.00. The molecule has 2 unspecified atom stereocenters. The SMILES string of the molecule is OC1C(N2c3ccccc3Oc3ccccc32)COC[C@H]1O. The van der Waals surface area contributed by atoms with Gasteiger partial charge in [-0.3, -0.25) is 0 Å². The monoisotopic (exact) mass is 299 g/mol. The molecule has 114 valence electrons. The van der Waals surface area contributed by atoms with Crippen molar-refractivity contribution in [3.8, 4) is 11.5 Å². The third-order valence-electron chi connectivity index (χ3n) is 4.17. The maximum atomic E-state index is 10.4. The number of benzene rings is 2. The van der Waals surface area contributed by atoms with E-state index in [1.54, 1.807) is 0 Å². The highest BCUT2D eigenvalue weighted by atomic mass is 16.5. The minimum atomic E-state index is -0.888. The van der Waals surface area contributed by atoms with Crippen LogP contribution in [0.4, 0.5) is 11.4 Å². The highest BCUT2D eigenvalue weighted by Gasteiger charge is 2.39. The highest BCUT2D eigenvalue weighted by molar-refractivity contribution is 5.78. The van der Waals surface area contributed by atoms with Gasteiger partial charge < -0.3 is 24.6 Å². The molecule has 2 aliphatic heterocycles. The number of fused-ring (bicyclic) bond motifs is 2. The third kappa shape index (κ3) is 2.06. The zero-order valence-corrected chi connectivity index (χ0v) is 11.9. The number of nitrogens with zero attached hydrogens (tertiary/aromatic N) is 1. The smallest absolute Gasteiger partial charge is 0.151 e. The molecule has 0 saturated carbocycles. The van der Waals surface area contributed by atoms with Crippen LogP contribution in [0.2, 0.25) is 0 Å². The van der Waals surface area contributed by atoms with Crippen LogP contribution in [-0.2, 0) is 4.74 Å². The summed E-state index contributed by atoms with van der Waals surface area (Å²) in [6, 6.07) is 15.0. The number of ether oxygens (including phenoxy) is 2. The summed E-state index contributed by atoms with van der Waals surface area (Å²) in [5.74, 6) is 1.46. The minimum Gasteiger partial charge on any atom is -0.453 e. The van der Waals surface area contributed by atoms with Crippen molar-refractivity contribution in [2.45, 2.75) is 18.2 Å². The van der Waals surface area contributed by atoms with Crippen molar-refractivity contribution in [2.75, 3.05) is 18.1 Å². The summed E-state index contributed by atoms with van der Waals surface area (Å²) in [6.45, 7) is 0.506. The van der Waals surface area contributed by atoms with E-state index in [9.17, 15) is 10.2 Å². The van der Waals surface area contributed by atoms with E-state index in [1.807, 2.05) is 53.4 Å². The van der Waals surface area contributed by atoms with Crippen molar-refractivity contribution >= 4 is 11.4 Å². The molecule has 0 bridgehead atoms. The quantitative estimate of drug-likeness (QED) is 0.844. The molecule has 0 amide bonds. The summed E-state index contributed by atoms with van der Waals surface area (Å²) in [5, 5.41) is 20.4. The molecule has 1 fully saturated rings. The van der Waals surface area contributed by atoms with E-state index in [0.29, 0.717) is 6.61 Å². The predicted molar refractivity (Wildman–Crippen MR) is 81.7 cm³/mol. The summed E-state index contributed by atoms with van der Waals surface area (Å²) < 4.78 is 11.4. The van der Waals surface area contributed by atoms with Crippen LogP contribution in [0.5, 0.6) is 11.5 Å². The molecule has 5 nitrogen and oxygen atoms in total. The van der Waals surface area contributed by atoms with Crippen molar-refractivity contribution in [1.82, 2.24) is 0 Å². The number of aliphatic hydroxyl groups is 2. The van der Waals surface area contributed by atoms with Gasteiger partial charge >= 0.3 is 0 Å². The fraction of sp³-hybridized carbons (Fsp3) is 0.294. The molecule has 3 atom stereocenters. The molecular weight excluding hydrogens is 282 g/mol. The lowest BCUT2D eigenvalue weighted by atomic mass is 9.99. The van der Waals surface area contributed by atoms with E-state index in [0.717, 1.165) is 22.9 Å². The molecular formula is C17H17NO4. The molecule has 5 heteroatoms. The first-order valence-electron chi connectivity index (χ1n) is 7.35. The predicted octanol–water partition coefficient (Wildman–Crippen LogP) is 2.05. The summed E-state index contributed by atoms with van der Waals surface area (Å²) in [6.07, 6.45) is -1.77. The molecule has 1 saturated heterocycles. The Morgan fingerprint density at radius 3 is 2.09 bits per heavy atom. The van der Waals surface area contributed by atoms with Crippen molar-refractivity contribution in [3.63, 3.8) is 0 Å². The number of anilines is 2. The van der Waals surface area contributed by atoms with Crippen LogP contribution in [0.15, 0.2) is 48.5 Å². The summed E-state index contributed by atoms with van der Waals surface area (Å²) >= 11 is 0. The average molecular weight is 299 g/mol. The molecule has 2 N–H and O–H groups in total. The van der Waals surface area contributed by atoms with Gasteiger partial charge in [0.25, 0.3) is 0 Å². The van der Waals surface area contributed by atoms with Crippen LogP contribution in [0.3, 0.4) is 0 Å². The fourth-order valence-corrected chi connectivity index (χ4v) is 3.08. The molecule has 22 heavy (non-hydrogen) atoms. The standard InChI is InChI=1S/C17H17NO4/c19-14-10-21-9-13(17(14)20)18-11-5-1-3-7-15(11)22-16-8-4-2-6-12(16)18/h1-8,13-14,17,19-20H,9-10H2/t13?,14-,17?/m1/s1. The Morgan fingerprint density at radius 2 is 1.45 bits per heavy atom. The first-order chi connectivity index (χ1) is 10.8. The van der Waals surface area contributed by atoms with Gasteiger partial charge in [0.1, 0.15) is 12.2 Å². The molecule has 4 rings (SSSR count). The average Bonchev–Trinajstić information content (AvgIpc) is 2.55. The van der Waals surface area contributed by atoms with Gasteiger partial charge in [-0.2, -0.15) is 0 Å². The Bertz CT molecular complexity index is 644. The summed E-state index contributed by atoms with van der Waals surface area (Å²) in [7, 11) is 0. The first-order valence-corrected chi connectivity index (χ1v) is 7.35. The van der Waals surface area contributed by atoms with Crippen LogP contribution in [-0.4, -0.2) is 41.7 Å². The number of aliphatic hydroxyl groups excluding tert-OH is 2. The van der Waals surface area contributed by atoms with Crippen LogP contribution in [0.25, 0.3) is 0 Å². The van der Waals surface area contributed by atoms with E-state index >= 15 is 0 Å². The second-order valence-corrected chi connectivity index (χ2v) is 5.57. The van der Waals surface area contributed by atoms with Gasteiger partial charge in [-0.05, 0) is 24.3 Å². The highest BCUT2D eigenvalue weighted by Crippen LogP contribution is 2.48. The molecule has 2 heterocycles. The van der Waals surface area contributed by atoms with Crippen LogP contribution in [0.1, 0.15) is 0 Å².